The van der Waals surface area contributed by atoms with Gasteiger partial charge < -0.3 is 14.4 Å². The van der Waals surface area contributed by atoms with Crippen molar-refractivity contribution in [3.63, 3.8) is 0 Å². The molecule has 0 aliphatic rings. The summed E-state index contributed by atoms with van der Waals surface area (Å²) in [4.78, 5) is 14.9. The van der Waals surface area contributed by atoms with Crippen LogP contribution in [0.25, 0.3) is 5.57 Å². The second-order valence-electron chi connectivity index (χ2n) is 7.08. The number of carbonyl (C=O) groups excluding carboxylic acids is 1. The highest BCUT2D eigenvalue weighted by Gasteiger charge is 2.32. The predicted octanol–water partition coefficient (Wildman–Crippen LogP) is 6.73. The van der Waals surface area contributed by atoms with Crippen molar-refractivity contribution < 1.29 is 27.4 Å². The lowest BCUT2D eigenvalue weighted by Gasteiger charge is -2.26. The molecule has 0 aliphatic heterocycles. The summed E-state index contributed by atoms with van der Waals surface area (Å²) in [5.41, 5.74) is 0.442. The maximum absolute atomic E-state index is 13.6. The number of carbonyl (C=O) groups is 1. The number of alkyl halides is 3. The lowest BCUT2D eigenvalue weighted by molar-refractivity contribution is -0.137. The molecule has 3 rings (SSSR count). The van der Waals surface area contributed by atoms with Gasteiger partial charge in [-0.2, -0.15) is 13.2 Å². The molecule has 0 atom stereocenters. The SMILES string of the molecule is C=C(C(=O)N(Cc1ccc(OC)cc1)c1cc(C(F)(F)F)ccc1Br)c1ccccc1OC. The average molecular weight is 520 g/mol. The van der Waals surface area contributed by atoms with E-state index in [9.17, 15) is 18.0 Å². The molecule has 0 aromatic heterocycles. The van der Waals surface area contributed by atoms with E-state index in [1.54, 1.807) is 48.5 Å². The van der Waals surface area contributed by atoms with Gasteiger partial charge in [-0.25, -0.2) is 0 Å². The molecule has 0 unspecified atom stereocenters. The van der Waals surface area contributed by atoms with E-state index in [4.69, 9.17) is 9.47 Å². The molecule has 8 heteroatoms. The zero-order chi connectivity index (χ0) is 24.2. The molecule has 0 bridgehead atoms. The molecule has 0 saturated carbocycles. The van der Waals surface area contributed by atoms with Crippen molar-refractivity contribution in [1.82, 2.24) is 0 Å². The normalized spacial score (nSPS) is 11.1. The van der Waals surface area contributed by atoms with Gasteiger partial charge in [0.15, 0.2) is 0 Å². The van der Waals surface area contributed by atoms with Crippen LogP contribution in [0.1, 0.15) is 16.7 Å². The van der Waals surface area contributed by atoms with Crippen molar-refractivity contribution in [3.8, 4) is 11.5 Å². The predicted molar refractivity (Wildman–Crippen MR) is 125 cm³/mol. The fourth-order valence-corrected chi connectivity index (χ4v) is 3.71. The third-order valence-corrected chi connectivity index (χ3v) is 5.67. The van der Waals surface area contributed by atoms with E-state index in [0.29, 0.717) is 27.1 Å². The molecule has 3 aromatic carbocycles. The third kappa shape index (κ3) is 5.57. The van der Waals surface area contributed by atoms with E-state index in [2.05, 4.69) is 22.5 Å². The van der Waals surface area contributed by atoms with Crippen molar-refractivity contribution in [1.29, 1.82) is 0 Å². The molecule has 172 valence electrons. The first-order valence-corrected chi connectivity index (χ1v) is 10.6. The van der Waals surface area contributed by atoms with Gasteiger partial charge in [-0.3, -0.25) is 4.79 Å². The van der Waals surface area contributed by atoms with Crippen molar-refractivity contribution in [2.45, 2.75) is 12.7 Å². The molecule has 4 nitrogen and oxygen atoms in total. The molecule has 33 heavy (non-hydrogen) atoms. The van der Waals surface area contributed by atoms with Crippen LogP contribution in [0.5, 0.6) is 11.5 Å². The lowest BCUT2D eigenvalue weighted by Crippen LogP contribution is -2.31. The van der Waals surface area contributed by atoms with Gasteiger partial charge in [0.2, 0.25) is 0 Å². The van der Waals surface area contributed by atoms with Crippen LogP contribution in [0.2, 0.25) is 0 Å². The van der Waals surface area contributed by atoms with Gasteiger partial charge in [-0.05, 0) is 57.9 Å². The van der Waals surface area contributed by atoms with Gasteiger partial charge in [0.1, 0.15) is 11.5 Å². The summed E-state index contributed by atoms with van der Waals surface area (Å²) in [6.45, 7) is 3.93. The minimum atomic E-state index is -4.57. The van der Waals surface area contributed by atoms with Crippen LogP contribution >= 0.6 is 15.9 Å². The molecule has 0 N–H and O–H groups in total. The molecule has 0 fully saturated rings. The van der Waals surface area contributed by atoms with Gasteiger partial charge in [0.25, 0.3) is 5.91 Å². The van der Waals surface area contributed by atoms with Gasteiger partial charge in [-0.1, -0.05) is 36.9 Å². The Morgan fingerprint density at radius 2 is 1.67 bits per heavy atom. The van der Waals surface area contributed by atoms with Gasteiger partial charge >= 0.3 is 6.18 Å². The maximum Gasteiger partial charge on any atom is 0.416 e. The monoisotopic (exact) mass is 519 g/mol. The number of nitrogens with zero attached hydrogens (tertiary/aromatic N) is 1. The van der Waals surface area contributed by atoms with E-state index in [1.165, 1.54) is 25.2 Å². The Morgan fingerprint density at radius 3 is 2.27 bits per heavy atom. The minimum absolute atomic E-state index is 0.0108. The summed E-state index contributed by atoms with van der Waals surface area (Å²) >= 11 is 3.30. The smallest absolute Gasteiger partial charge is 0.416 e. The zero-order valence-corrected chi connectivity index (χ0v) is 19.5. The standard InChI is InChI=1S/C25H21BrF3NO3/c1-16(20-6-4-5-7-23(20)33-3)24(31)30(15-17-8-11-19(32-2)12-9-17)22-14-18(25(27,28)29)10-13-21(22)26/h4-14H,1,15H2,2-3H3. The summed E-state index contributed by atoms with van der Waals surface area (Å²) in [6.07, 6.45) is -4.57. The highest BCUT2D eigenvalue weighted by Crippen LogP contribution is 2.37. The van der Waals surface area contributed by atoms with Crippen LogP contribution in [0.3, 0.4) is 0 Å². The third-order valence-electron chi connectivity index (χ3n) is 5.00. The Hall–Kier alpha value is -3.26. The number of methoxy groups -OCH3 is 2. The van der Waals surface area contributed by atoms with Crippen LogP contribution in [0.4, 0.5) is 18.9 Å². The van der Waals surface area contributed by atoms with Crippen LogP contribution in [-0.4, -0.2) is 20.1 Å². The van der Waals surface area contributed by atoms with E-state index >= 15 is 0 Å². The van der Waals surface area contributed by atoms with Gasteiger partial charge in [0, 0.05) is 15.6 Å². The number of amides is 1. The van der Waals surface area contributed by atoms with Crippen molar-refractivity contribution >= 4 is 33.1 Å². The van der Waals surface area contributed by atoms with Crippen LogP contribution in [-0.2, 0) is 17.5 Å². The summed E-state index contributed by atoms with van der Waals surface area (Å²) in [7, 11) is 3.00. The van der Waals surface area contributed by atoms with E-state index in [-0.39, 0.29) is 17.8 Å². The number of benzene rings is 3. The molecule has 3 aromatic rings. The molecule has 1 amide bonds. The number of halogens is 4. The quantitative estimate of drug-likeness (QED) is 0.325. The molecule has 0 heterocycles. The Kier molecular flexibility index (Phi) is 7.48. The molecular weight excluding hydrogens is 499 g/mol. The van der Waals surface area contributed by atoms with Crippen molar-refractivity contribution in [2.75, 3.05) is 19.1 Å². The Bertz CT molecular complexity index is 1160. The number of ether oxygens (including phenoxy) is 2. The zero-order valence-electron chi connectivity index (χ0n) is 17.9. The first-order chi connectivity index (χ1) is 15.7. The van der Waals surface area contributed by atoms with Crippen LogP contribution < -0.4 is 14.4 Å². The first kappa shape index (κ1) is 24.4. The van der Waals surface area contributed by atoms with E-state index in [1.807, 2.05) is 0 Å². The topological polar surface area (TPSA) is 38.8 Å². The highest BCUT2D eigenvalue weighted by atomic mass is 79.9. The Balaban J connectivity index is 2.09. The number of para-hydroxylation sites is 1. The summed E-state index contributed by atoms with van der Waals surface area (Å²) in [5, 5.41) is 0. The first-order valence-electron chi connectivity index (χ1n) is 9.79. The summed E-state index contributed by atoms with van der Waals surface area (Å²) in [5.74, 6) is 0.494. The number of rotatable bonds is 7. The minimum Gasteiger partial charge on any atom is -0.497 e. The molecule has 0 radical (unpaired) electrons. The fraction of sp³-hybridized carbons (Fsp3) is 0.160. The molecule has 0 saturated heterocycles. The Labute approximate surface area is 198 Å². The van der Waals surface area contributed by atoms with Crippen molar-refractivity contribution in [2.24, 2.45) is 0 Å². The number of hydrogen-bond acceptors (Lipinski definition) is 3. The second kappa shape index (κ2) is 10.1. The largest absolute Gasteiger partial charge is 0.497 e. The van der Waals surface area contributed by atoms with Gasteiger partial charge in [0.05, 0.1) is 32.0 Å². The average Bonchev–Trinajstić information content (AvgIpc) is 2.81. The summed E-state index contributed by atoms with van der Waals surface area (Å²) in [6, 6.07) is 16.9. The number of anilines is 1. The van der Waals surface area contributed by atoms with Gasteiger partial charge in [-0.15, -0.1) is 0 Å². The molecule has 0 aliphatic carbocycles. The lowest BCUT2D eigenvalue weighted by atomic mass is 10.0. The van der Waals surface area contributed by atoms with Crippen LogP contribution in [0, 0.1) is 0 Å². The van der Waals surface area contributed by atoms with Crippen molar-refractivity contribution in [3.05, 3.63) is 94.5 Å². The van der Waals surface area contributed by atoms with E-state index < -0.39 is 17.6 Å². The Morgan fingerprint density at radius 1 is 1.00 bits per heavy atom. The highest BCUT2D eigenvalue weighted by molar-refractivity contribution is 9.10. The van der Waals surface area contributed by atoms with E-state index in [0.717, 1.165) is 12.1 Å². The summed E-state index contributed by atoms with van der Waals surface area (Å²) < 4.78 is 51.1. The molecule has 0 spiro atoms. The molecular formula is C25H21BrF3NO3. The van der Waals surface area contributed by atoms with Crippen LogP contribution in [0.15, 0.2) is 77.8 Å². The maximum atomic E-state index is 13.6. The second-order valence-corrected chi connectivity index (χ2v) is 7.94. The fourth-order valence-electron chi connectivity index (χ4n) is 3.25. The number of hydrogen-bond donors (Lipinski definition) is 0.